The Morgan fingerprint density at radius 2 is 2.08 bits per heavy atom. The number of H-pyrrole nitrogens is 1. The fourth-order valence-electron chi connectivity index (χ4n) is 2.47. The van der Waals surface area contributed by atoms with Crippen LogP contribution in [0.15, 0.2) is 48.9 Å². The molecular formula is C17H22ClN5O. The Morgan fingerprint density at radius 1 is 1.25 bits per heavy atom. The van der Waals surface area contributed by atoms with E-state index in [1.165, 1.54) is 0 Å². The highest BCUT2D eigenvalue weighted by Gasteiger charge is 2.07. The van der Waals surface area contributed by atoms with E-state index < -0.39 is 0 Å². The minimum Gasteiger partial charge on any atom is -0.497 e. The molecule has 128 valence electrons. The Labute approximate surface area is 147 Å². The van der Waals surface area contributed by atoms with Crippen LogP contribution in [0.2, 0.25) is 0 Å². The van der Waals surface area contributed by atoms with Gasteiger partial charge in [0.05, 0.1) is 19.0 Å². The van der Waals surface area contributed by atoms with Gasteiger partial charge in [-0.15, -0.1) is 12.4 Å². The van der Waals surface area contributed by atoms with Gasteiger partial charge < -0.3 is 10.1 Å². The number of hydrogen-bond donors (Lipinski definition) is 2. The van der Waals surface area contributed by atoms with Crippen LogP contribution >= 0.6 is 12.4 Å². The Kier molecular flexibility index (Phi) is 6.84. The van der Waals surface area contributed by atoms with E-state index in [1.807, 2.05) is 47.4 Å². The van der Waals surface area contributed by atoms with Crippen LogP contribution in [0.3, 0.4) is 0 Å². The molecule has 3 aromatic rings. The fraction of sp³-hybridized carbons (Fsp3) is 0.294. The second-order valence-corrected chi connectivity index (χ2v) is 5.30. The van der Waals surface area contributed by atoms with E-state index in [-0.39, 0.29) is 12.4 Å². The van der Waals surface area contributed by atoms with Gasteiger partial charge in [0.2, 0.25) is 0 Å². The SMILES string of the molecule is COc1ccc(-c2[nH]ncc2CNCCCn2cccn2)cc1.Cl. The average Bonchev–Trinajstić information content (AvgIpc) is 3.26. The highest BCUT2D eigenvalue weighted by Crippen LogP contribution is 2.23. The summed E-state index contributed by atoms with van der Waals surface area (Å²) in [6.45, 7) is 2.65. The molecule has 0 saturated carbocycles. The molecule has 0 aliphatic rings. The van der Waals surface area contributed by atoms with Gasteiger partial charge >= 0.3 is 0 Å². The van der Waals surface area contributed by atoms with Gasteiger partial charge in [-0.1, -0.05) is 0 Å². The summed E-state index contributed by atoms with van der Waals surface area (Å²) in [5.74, 6) is 0.853. The van der Waals surface area contributed by atoms with Crippen molar-refractivity contribution in [3.63, 3.8) is 0 Å². The van der Waals surface area contributed by atoms with Gasteiger partial charge in [0.15, 0.2) is 0 Å². The number of aromatic amines is 1. The lowest BCUT2D eigenvalue weighted by Gasteiger charge is -2.07. The third-order valence-corrected chi connectivity index (χ3v) is 3.71. The molecule has 0 atom stereocenters. The van der Waals surface area contributed by atoms with Crippen LogP contribution in [0.4, 0.5) is 0 Å². The molecule has 0 radical (unpaired) electrons. The van der Waals surface area contributed by atoms with Crippen molar-refractivity contribution in [2.45, 2.75) is 19.5 Å². The average molecular weight is 348 g/mol. The molecule has 6 nitrogen and oxygen atoms in total. The third kappa shape index (κ3) is 4.59. The fourth-order valence-corrected chi connectivity index (χ4v) is 2.47. The smallest absolute Gasteiger partial charge is 0.118 e. The highest BCUT2D eigenvalue weighted by molar-refractivity contribution is 5.85. The van der Waals surface area contributed by atoms with Gasteiger partial charge in [-0.25, -0.2) is 0 Å². The molecule has 0 unspecified atom stereocenters. The summed E-state index contributed by atoms with van der Waals surface area (Å²) in [5.41, 5.74) is 3.32. The zero-order valence-corrected chi connectivity index (χ0v) is 14.4. The summed E-state index contributed by atoms with van der Waals surface area (Å²) in [6, 6.07) is 9.93. The van der Waals surface area contributed by atoms with Crippen LogP contribution in [0.5, 0.6) is 5.75 Å². The van der Waals surface area contributed by atoms with Crippen molar-refractivity contribution in [2.75, 3.05) is 13.7 Å². The lowest BCUT2D eigenvalue weighted by Crippen LogP contribution is -2.16. The van der Waals surface area contributed by atoms with Crippen molar-refractivity contribution in [2.24, 2.45) is 0 Å². The quantitative estimate of drug-likeness (QED) is 0.615. The summed E-state index contributed by atoms with van der Waals surface area (Å²) < 4.78 is 7.14. The number of ether oxygens (including phenoxy) is 1. The molecule has 7 heteroatoms. The molecule has 2 heterocycles. The summed E-state index contributed by atoms with van der Waals surface area (Å²) in [7, 11) is 1.67. The number of nitrogens with one attached hydrogen (secondary N) is 2. The molecule has 2 N–H and O–H groups in total. The van der Waals surface area contributed by atoms with Crippen LogP contribution in [-0.2, 0) is 13.1 Å². The first kappa shape index (κ1) is 18.0. The Balaban J connectivity index is 0.00000208. The van der Waals surface area contributed by atoms with Crippen molar-refractivity contribution in [3.05, 3.63) is 54.5 Å². The molecule has 0 bridgehead atoms. The molecular weight excluding hydrogens is 326 g/mol. The van der Waals surface area contributed by atoms with Crippen LogP contribution in [0.1, 0.15) is 12.0 Å². The maximum Gasteiger partial charge on any atom is 0.118 e. The summed E-state index contributed by atoms with van der Waals surface area (Å²) in [6.07, 6.45) is 6.70. The van der Waals surface area contributed by atoms with E-state index in [1.54, 1.807) is 13.3 Å². The van der Waals surface area contributed by atoms with Gasteiger partial charge in [-0.05, 0) is 43.3 Å². The van der Waals surface area contributed by atoms with E-state index in [0.29, 0.717) is 0 Å². The number of benzene rings is 1. The molecule has 1 aromatic carbocycles. The van der Waals surface area contributed by atoms with Gasteiger partial charge in [0, 0.05) is 36.6 Å². The van der Waals surface area contributed by atoms with Gasteiger partial charge in [-0.3, -0.25) is 9.78 Å². The minimum absolute atomic E-state index is 0. The van der Waals surface area contributed by atoms with E-state index in [4.69, 9.17) is 4.74 Å². The summed E-state index contributed by atoms with van der Waals surface area (Å²) in [4.78, 5) is 0. The first-order valence-corrected chi connectivity index (χ1v) is 7.71. The maximum atomic E-state index is 5.19. The number of nitrogens with zero attached hydrogens (tertiary/aromatic N) is 3. The second kappa shape index (κ2) is 9.10. The first-order valence-electron chi connectivity index (χ1n) is 7.71. The lowest BCUT2D eigenvalue weighted by molar-refractivity contribution is 0.415. The molecule has 0 aliphatic heterocycles. The Morgan fingerprint density at radius 3 is 2.79 bits per heavy atom. The summed E-state index contributed by atoms with van der Waals surface area (Å²) >= 11 is 0. The van der Waals surface area contributed by atoms with E-state index in [2.05, 4.69) is 20.6 Å². The summed E-state index contributed by atoms with van der Waals surface area (Å²) in [5, 5.41) is 14.9. The van der Waals surface area contributed by atoms with Crippen LogP contribution in [-0.4, -0.2) is 33.6 Å². The van der Waals surface area contributed by atoms with Crippen molar-refractivity contribution in [1.82, 2.24) is 25.3 Å². The molecule has 0 saturated heterocycles. The van der Waals surface area contributed by atoms with Crippen molar-refractivity contribution >= 4 is 12.4 Å². The van der Waals surface area contributed by atoms with E-state index in [9.17, 15) is 0 Å². The van der Waals surface area contributed by atoms with Crippen LogP contribution in [0.25, 0.3) is 11.3 Å². The zero-order chi connectivity index (χ0) is 15.9. The monoisotopic (exact) mass is 347 g/mol. The standard InChI is InChI=1S/C17H21N5O.ClH/c1-23-16-6-4-14(5-7-16)17-15(13-19-21-17)12-18-8-2-10-22-11-3-9-20-22;/h3-7,9,11,13,18H,2,8,10,12H2,1H3,(H,19,21);1H. The van der Waals surface area contributed by atoms with Crippen molar-refractivity contribution in [1.29, 1.82) is 0 Å². The maximum absolute atomic E-state index is 5.19. The number of aryl methyl sites for hydroxylation is 1. The van der Waals surface area contributed by atoms with Crippen molar-refractivity contribution in [3.8, 4) is 17.0 Å². The third-order valence-electron chi connectivity index (χ3n) is 3.71. The number of aromatic nitrogens is 4. The predicted octanol–water partition coefficient (Wildman–Crippen LogP) is 2.88. The molecule has 2 aromatic heterocycles. The number of hydrogen-bond acceptors (Lipinski definition) is 4. The van der Waals surface area contributed by atoms with Gasteiger partial charge in [0.25, 0.3) is 0 Å². The molecule has 0 amide bonds. The second-order valence-electron chi connectivity index (χ2n) is 5.30. The Bertz CT molecular complexity index is 709. The van der Waals surface area contributed by atoms with Gasteiger partial charge in [-0.2, -0.15) is 10.2 Å². The van der Waals surface area contributed by atoms with E-state index >= 15 is 0 Å². The number of rotatable bonds is 8. The topological polar surface area (TPSA) is 67.8 Å². The minimum atomic E-state index is 0. The zero-order valence-electron chi connectivity index (χ0n) is 13.6. The molecule has 24 heavy (non-hydrogen) atoms. The van der Waals surface area contributed by atoms with Gasteiger partial charge in [0.1, 0.15) is 5.75 Å². The largest absolute Gasteiger partial charge is 0.497 e. The van der Waals surface area contributed by atoms with E-state index in [0.717, 1.165) is 48.6 Å². The molecule has 3 rings (SSSR count). The first-order chi connectivity index (χ1) is 11.4. The van der Waals surface area contributed by atoms with Crippen molar-refractivity contribution < 1.29 is 4.74 Å². The van der Waals surface area contributed by atoms with Crippen LogP contribution < -0.4 is 10.1 Å². The lowest BCUT2D eigenvalue weighted by atomic mass is 10.1. The molecule has 0 aliphatic carbocycles. The number of halogens is 1. The molecule has 0 spiro atoms. The predicted molar refractivity (Wildman–Crippen MR) is 96.4 cm³/mol. The molecule has 0 fully saturated rings. The van der Waals surface area contributed by atoms with Crippen LogP contribution in [0, 0.1) is 0 Å². The Hall–Kier alpha value is -2.31. The normalized spacial score (nSPS) is 10.4. The highest BCUT2D eigenvalue weighted by atomic mass is 35.5. The number of methoxy groups -OCH3 is 1.